The van der Waals surface area contributed by atoms with E-state index < -0.39 is 48.1 Å². The van der Waals surface area contributed by atoms with Crippen LogP contribution in [0.1, 0.15) is 50.4 Å². The summed E-state index contributed by atoms with van der Waals surface area (Å²) in [4.78, 5) is 55.9. The number of rotatable bonds is 8. The molecule has 3 aromatic rings. The number of para-hydroxylation sites is 2. The van der Waals surface area contributed by atoms with Crippen molar-refractivity contribution >= 4 is 35.2 Å². The molecule has 2 aliphatic heterocycles. The lowest BCUT2D eigenvalue weighted by atomic mass is 10.0. The Balaban J connectivity index is 1.32. The van der Waals surface area contributed by atoms with Gasteiger partial charge in [0.05, 0.1) is 24.1 Å². The fraction of sp³-hybridized carbons (Fsp3) is 0.389. The molecule has 0 radical (unpaired) electrons. The third-order valence-electron chi connectivity index (χ3n) is 8.32. The Morgan fingerprint density at radius 1 is 1.04 bits per heavy atom. The van der Waals surface area contributed by atoms with Gasteiger partial charge in [0.25, 0.3) is 5.91 Å². The highest BCUT2D eigenvalue weighted by molar-refractivity contribution is 6.30. The minimum atomic E-state index is -1.33. The fourth-order valence-corrected chi connectivity index (χ4v) is 5.88. The molecular formula is C36H40ClFN4O7. The van der Waals surface area contributed by atoms with Gasteiger partial charge in [0.15, 0.2) is 17.3 Å². The van der Waals surface area contributed by atoms with Gasteiger partial charge < -0.3 is 35.1 Å². The van der Waals surface area contributed by atoms with E-state index in [1.54, 1.807) is 66.4 Å². The number of hydrogen-bond donors (Lipinski definition) is 3. The van der Waals surface area contributed by atoms with Gasteiger partial charge >= 0.3 is 0 Å². The Morgan fingerprint density at radius 2 is 1.80 bits per heavy atom. The second-order valence-corrected chi connectivity index (χ2v) is 12.9. The Hall–Kier alpha value is -4.84. The van der Waals surface area contributed by atoms with E-state index in [-0.39, 0.29) is 48.1 Å². The summed E-state index contributed by atoms with van der Waals surface area (Å²) < 4.78 is 32.5. The number of fused-ring (bicyclic) bond motifs is 2. The molecule has 3 N–H and O–H groups in total. The molecule has 49 heavy (non-hydrogen) atoms. The van der Waals surface area contributed by atoms with Crippen molar-refractivity contribution in [2.45, 2.75) is 64.2 Å². The quantitative estimate of drug-likeness (QED) is 0.306. The molecule has 2 aliphatic rings. The predicted molar refractivity (Wildman–Crippen MR) is 180 cm³/mol. The highest BCUT2D eigenvalue weighted by Crippen LogP contribution is 2.34. The summed E-state index contributed by atoms with van der Waals surface area (Å²) in [5, 5.41) is 8.73. The standard InChI is InChI=1S/C36H40ClFN4O7/c1-21(2)32-36(46)42-17-7-8-24(42)20-47-29-11-5-4-9-26(29)34(44)40-28(18-31(43)41-32)35(45)39-22(3)19-48-33-27(38)10-6-12-30(33)49-25-15-13-23(37)14-16-25/h4-6,9-16,21-22,24,28,32H,7-8,17-20H2,1-3H3,(H,39,45)(H,40,44)(H,41,43)/t22-,24+,28+,32-/m1/s1. The van der Waals surface area contributed by atoms with Crippen molar-refractivity contribution in [3.63, 3.8) is 0 Å². The number of benzene rings is 3. The van der Waals surface area contributed by atoms with Crippen molar-refractivity contribution in [3.8, 4) is 23.0 Å². The largest absolute Gasteiger partial charge is 0.491 e. The van der Waals surface area contributed by atoms with Gasteiger partial charge in [-0.25, -0.2) is 4.39 Å². The van der Waals surface area contributed by atoms with Crippen LogP contribution in [0.15, 0.2) is 66.7 Å². The summed E-state index contributed by atoms with van der Waals surface area (Å²) >= 11 is 5.95. The van der Waals surface area contributed by atoms with Gasteiger partial charge in [-0.15, -0.1) is 0 Å². The van der Waals surface area contributed by atoms with E-state index in [9.17, 15) is 23.6 Å². The smallest absolute Gasteiger partial charge is 0.255 e. The Kier molecular flexibility index (Phi) is 11.6. The number of hydrogen-bond acceptors (Lipinski definition) is 7. The zero-order chi connectivity index (χ0) is 35.1. The minimum Gasteiger partial charge on any atom is -0.491 e. The lowest BCUT2D eigenvalue weighted by Gasteiger charge is -2.32. The van der Waals surface area contributed by atoms with E-state index in [1.165, 1.54) is 12.1 Å². The van der Waals surface area contributed by atoms with Crippen LogP contribution in [-0.2, 0) is 14.4 Å². The molecule has 13 heteroatoms. The third kappa shape index (κ3) is 9.00. The first kappa shape index (κ1) is 35.5. The van der Waals surface area contributed by atoms with E-state index in [0.717, 1.165) is 12.8 Å². The predicted octanol–water partition coefficient (Wildman–Crippen LogP) is 4.87. The summed E-state index contributed by atoms with van der Waals surface area (Å²) in [7, 11) is 0. The second kappa shape index (κ2) is 16.0. The first-order valence-electron chi connectivity index (χ1n) is 16.3. The molecule has 1 saturated heterocycles. The van der Waals surface area contributed by atoms with Crippen LogP contribution >= 0.6 is 11.6 Å². The summed E-state index contributed by atoms with van der Waals surface area (Å²) in [6.07, 6.45) is 1.08. The number of nitrogens with one attached hydrogen (secondary N) is 3. The molecule has 0 aromatic heterocycles. The maximum Gasteiger partial charge on any atom is 0.255 e. The average Bonchev–Trinajstić information content (AvgIpc) is 3.55. The van der Waals surface area contributed by atoms with Gasteiger partial charge in [-0.3, -0.25) is 19.2 Å². The van der Waals surface area contributed by atoms with Crippen LogP contribution in [0, 0.1) is 11.7 Å². The van der Waals surface area contributed by atoms with Crippen LogP contribution in [0.4, 0.5) is 4.39 Å². The number of carbonyl (C=O) groups is 4. The molecule has 1 fully saturated rings. The van der Waals surface area contributed by atoms with Gasteiger partial charge in [-0.05, 0) is 74.2 Å². The molecule has 0 spiro atoms. The highest BCUT2D eigenvalue weighted by atomic mass is 35.5. The molecule has 11 nitrogen and oxygen atoms in total. The van der Waals surface area contributed by atoms with E-state index in [2.05, 4.69) is 16.0 Å². The molecule has 2 heterocycles. The number of amides is 4. The van der Waals surface area contributed by atoms with Crippen LogP contribution in [0.5, 0.6) is 23.0 Å². The van der Waals surface area contributed by atoms with Gasteiger partial charge in [0.1, 0.15) is 36.8 Å². The monoisotopic (exact) mass is 694 g/mol. The van der Waals surface area contributed by atoms with Crippen molar-refractivity contribution in [2.24, 2.45) is 5.92 Å². The first-order chi connectivity index (χ1) is 23.5. The number of ether oxygens (including phenoxy) is 3. The third-order valence-corrected chi connectivity index (χ3v) is 8.57. The summed E-state index contributed by atoms with van der Waals surface area (Å²) in [5.41, 5.74) is 0.179. The number of carbonyl (C=O) groups excluding carboxylic acids is 4. The molecule has 0 aliphatic carbocycles. The molecule has 4 atom stereocenters. The lowest BCUT2D eigenvalue weighted by molar-refractivity contribution is -0.139. The Bertz CT molecular complexity index is 1670. The van der Waals surface area contributed by atoms with Crippen molar-refractivity contribution in [3.05, 3.63) is 83.1 Å². The van der Waals surface area contributed by atoms with Gasteiger partial charge in [-0.2, -0.15) is 0 Å². The van der Waals surface area contributed by atoms with Crippen molar-refractivity contribution in [2.75, 3.05) is 19.8 Å². The van der Waals surface area contributed by atoms with Crippen LogP contribution < -0.4 is 30.2 Å². The Morgan fingerprint density at radius 3 is 2.55 bits per heavy atom. The molecule has 3 aromatic carbocycles. The Labute approximate surface area is 289 Å². The van der Waals surface area contributed by atoms with E-state index in [4.69, 9.17) is 25.8 Å². The molecule has 0 unspecified atom stereocenters. The topological polar surface area (TPSA) is 135 Å². The second-order valence-electron chi connectivity index (χ2n) is 12.5. The maximum absolute atomic E-state index is 14.8. The maximum atomic E-state index is 14.8. The van der Waals surface area contributed by atoms with Gasteiger partial charge in [-0.1, -0.05) is 43.6 Å². The van der Waals surface area contributed by atoms with Crippen LogP contribution in [0.25, 0.3) is 0 Å². The van der Waals surface area contributed by atoms with Gasteiger partial charge in [0, 0.05) is 11.6 Å². The summed E-state index contributed by atoms with van der Waals surface area (Å²) in [6.45, 7) is 5.82. The lowest BCUT2D eigenvalue weighted by Crippen LogP contribution is -2.56. The minimum absolute atomic E-state index is 0.117. The van der Waals surface area contributed by atoms with Crippen molar-refractivity contribution < 1.29 is 37.8 Å². The number of halogens is 2. The van der Waals surface area contributed by atoms with Crippen LogP contribution in [0.2, 0.25) is 5.02 Å². The molecule has 0 saturated carbocycles. The average molecular weight is 695 g/mol. The molecular weight excluding hydrogens is 655 g/mol. The SMILES string of the molecule is CC(C)[C@H]1NC(=O)C[C@@H](C(=O)N[C@H](C)COc2c(F)cccc2Oc2ccc(Cl)cc2)NC(=O)c2ccccc2OC[C@@H]2CCCN2C1=O. The normalized spacial score (nSPS) is 20.6. The van der Waals surface area contributed by atoms with Crippen molar-refractivity contribution in [1.29, 1.82) is 0 Å². The molecule has 4 amide bonds. The molecule has 0 bridgehead atoms. The number of nitrogens with zero attached hydrogens (tertiary/aromatic N) is 1. The van der Waals surface area contributed by atoms with Crippen molar-refractivity contribution in [1.82, 2.24) is 20.9 Å². The highest BCUT2D eigenvalue weighted by Gasteiger charge is 2.37. The summed E-state index contributed by atoms with van der Waals surface area (Å²) in [5.74, 6) is -2.33. The zero-order valence-corrected chi connectivity index (χ0v) is 28.3. The van der Waals surface area contributed by atoms with E-state index >= 15 is 0 Å². The van der Waals surface area contributed by atoms with E-state index in [0.29, 0.717) is 23.1 Å². The van der Waals surface area contributed by atoms with Crippen LogP contribution in [-0.4, -0.2) is 72.5 Å². The fourth-order valence-electron chi connectivity index (χ4n) is 5.75. The zero-order valence-electron chi connectivity index (χ0n) is 27.5. The molecule has 260 valence electrons. The first-order valence-corrected chi connectivity index (χ1v) is 16.7. The van der Waals surface area contributed by atoms with Gasteiger partial charge in [0.2, 0.25) is 17.7 Å². The van der Waals surface area contributed by atoms with E-state index in [1.807, 2.05) is 13.8 Å². The molecule has 5 rings (SSSR count). The van der Waals surface area contributed by atoms with Crippen LogP contribution in [0.3, 0.4) is 0 Å². The summed E-state index contributed by atoms with van der Waals surface area (Å²) in [6, 6.07) is 14.3.